The van der Waals surface area contributed by atoms with Crippen molar-refractivity contribution in [2.45, 2.75) is 12.5 Å². The molecule has 1 unspecified atom stereocenters. The van der Waals surface area contributed by atoms with Gasteiger partial charge in [0.05, 0.1) is 11.1 Å². The highest BCUT2D eigenvalue weighted by molar-refractivity contribution is 6.32. The number of benzene rings is 1. The first-order chi connectivity index (χ1) is 7.75. The van der Waals surface area contributed by atoms with Gasteiger partial charge in [0, 0.05) is 19.6 Å². The van der Waals surface area contributed by atoms with Crippen LogP contribution in [0.4, 0.5) is 0 Å². The van der Waals surface area contributed by atoms with Crippen LogP contribution in [0.15, 0.2) is 24.3 Å². The molecule has 0 aromatic heterocycles. The van der Waals surface area contributed by atoms with Crippen LogP contribution < -0.4 is 4.74 Å². The van der Waals surface area contributed by atoms with E-state index in [1.165, 1.54) is 0 Å². The first kappa shape index (κ1) is 11.7. The van der Waals surface area contributed by atoms with E-state index in [1.54, 1.807) is 0 Å². The summed E-state index contributed by atoms with van der Waals surface area (Å²) in [4.78, 5) is 2.20. The Bertz CT molecular complexity index is 346. The van der Waals surface area contributed by atoms with Crippen molar-refractivity contribution in [3.8, 4) is 5.75 Å². The van der Waals surface area contributed by atoms with E-state index in [1.807, 2.05) is 24.3 Å². The van der Waals surface area contributed by atoms with Crippen LogP contribution in [-0.2, 0) is 0 Å². The molecule has 4 heteroatoms. The highest BCUT2D eigenvalue weighted by Crippen LogP contribution is 2.23. The SMILES string of the molecule is OC1CCN(CCOc2ccccc2Cl)C1. The largest absolute Gasteiger partial charge is 0.491 e. The number of ether oxygens (including phenoxy) is 1. The summed E-state index contributed by atoms with van der Waals surface area (Å²) in [6.45, 7) is 3.15. The van der Waals surface area contributed by atoms with Gasteiger partial charge >= 0.3 is 0 Å². The summed E-state index contributed by atoms with van der Waals surface area (Å²) in [6, 6.07) is 7.46. The van der Waals surface area contributed by atoms with E-state index >= 15 is 0 Å². The van der Waals surface area contributed by atoms with Crippen LogP contribution in [0.25, 0.3) is 0 Å². The second kappa shape index (κ2) is 5.53. The summed E-state index contributed by atoms with van der Waals surface area (Å²) in [5.41, 5.74) is 0. The van der Waals surface area contributed by atoms with Crippen molar-refractivity contribution in [3.05, 3.63) is 29.3 Å². The second-order valence-electron chi connectivity index (χ2n) is 4.02. The topological polar surface area (TPSA) is 32.7 Å². The van der Waals surface area contributed by atoms with Crippen LogP contribution in [0.3, 0.4) is 0 Å². The van der Waals surface area contributed by atoms with Crippen molar-refractivity contribution in [2.24, 2.45) is 0 Å². The van der Waals surface area contributed by atoms with Crippen molar-refractivity contribution >= 4 is 11.6 Å². The molecule has 1 heterocycles. The Labute approximate surface area is 101 Å². The predicted octanol–water partition coefficient (Wildman–Crippen LogP) is 1.79. The number of aliphatic hydroxyl groups excluding tert-OH is 1. The van der Waals surface area contributed by atoms with Gasteiger partial charge in [0.15, 0.2) is 0 Å². The van der Waals surface area contributed by atoms with Crippen LogP contribution in [0, 0.1) is 0 Å². The molecular weight excluding hydrogens is 226 g/mol. The molecule has 2 rings (SSSR count). The summed E-state index contributed by atoms with van der Waals surface area (Å²) < 4.78 is 5.58. The number of hydrogen-bond donors (Lipinski definition) is 1. The number of rotatable bonds is 4. The highest BCUT2D eigenvalue weighted by atomic mass is 35.5. The van der Waals surface area contributed by atoms with Crippen molar-refractivity contribution in [2.75, 3.05) is 26.2 Å². The number of likely N-dealkylation sites (tertiary alicyclic amines) is 1. The highest BCUT2D eigenvalue weighted by Gasteiger charge is 2.19. The Kier molecular flexibility index (Phi) is 4.04. The Morgan fingerprint density at radius 2 is 2.25 bits per heavy atom. The van der Waals surface area contributed by atoms with E-state index in [-0.39, 0.29) is 6.10 Å². The lowest BCUT2D eigenvalue weighted by Gasteiger charge is -2.15. The van der Waals surface area contributed by atoms with Gasteiger partial charge in [-0.05, 0) is 18.6 Å². The molecule has 1 fully saturated rings. The molecule has 3 nitrogen and oxygen atoms in total. The van der Waals surface area contributed by atoms with E-state index in [0.717, 1.165) is 31.8 Å². The minimum absolute atomic E-state index is 0.166. The molecule has 88 valence electrons. The van der Waals surface area contributed by atoms with Crippen molar-refractivity contribution in [1.82, 2.24) is 4.90 Å². The fourth-order valence-electron chi connectivity index (χ4n) is 1.86. The van der Waals surface area contributed by atoms with Crippen LogP contribution in [-0.4, -0.2) is 42.4 Å². The normalized spacial score (nSPS) is 21.2. The fourth-order valence-corrected chi connectivity index (χ4v) is 2.05. The van der Waals surface area contributed by atoms with E-state index in [4.69, 9.17) is 16.3 Å². The van der Waals surface area contributed by atoms with Crippen molar-refractivity contribution in [1.29, 1.82) is 0 Å². The Morgan fingerprint density at radius 3 is 2.94 bits per heavy atom. The first-order valence-corrected chi connectivity index (χ1v) is 5.91. The average molecular weight is 242 g/mol. The number of β-amino-alcohol motifs (C(OH)–C–C–N with tert-alkyl or cyclic N) is 1. The van der Waals surface area contributed by atoms with E-state index in [9.17, 15) is 5.11 Å². The average Bonchev–Trinajstić information content (AvgIpc) is 2.67. The molecule has 0 radical (unpaired) electrons. The molecule has 0 amide bonds. The summed E-state index contributed by atoms with van der Waals surface area (Å²) in [5.74, 6) is 0.726. The van der Waals surface area contributed by atoms with Gasteiger partial charge in [0.25, 0.3) is 0 Å². The first-order valence-electron chi connectivity index (χ1n) is 5.53. The molecule has 1 atom stereocenters. The lowest BCUT2D eigenvalue weighted by atomic mass is 10.3. The zero-order chi connectivity index (χ0) is 11.4. The van der Waals surface area contributed by atoms with E-state index < -0.39 is 0 Å². The zero-order valence-corrected chi connectivity index (χ0v) is 9.86. The van der Waals surface area contributed by atoms with Crippen LogP contribution >= 0.6 is 11.6 Å². The monoisotopic (exact) mass is 241 g/mol. The molecular formula is C12H16ClNO2. The second-order valence-corrected chi connectivity index (χ2v) is 4.43. The number of para-hydroxylation sites is 1. The Hall–Kier alpha value is -0.770. The number of halogens is 1. The molecule has 1 N–H and O–H groups in total. The van der Waals surface area contributed by atoms with Gasteiger partial charge in [-0.1, -0.05) is 23.7 Å². The molecule has 1 aliphatic rings. The lowest BCUT2D eigenvalue weighted by Crippen LogP contribution is -2.27. The molecule has 16 heavy (non-hydrogen) atoms. The quantitative estimate of drug-likeness (QED) is 0.873. The fraction of sp³-hybridized carbons (Fsp3) is 0.500. The smallest absolute Gasteiger partial charge is 0.137 e. The molecule has 0 bridgehead atoms. The Balaban J connectivity index is 1.74. The molecule has 1 aromatic rings. The maximum atomic E-state index is 9.36. The van der Waals surface area contributed by atoms with E-state index in [0.29, 0.717) is 11.6 Å². The Morgan fingerprint density at radius 1 is 1.44 bits per heavy atom. The van der Waals surface area contributed by atoms with Gasteiger partial charge in [-0.25, -0.2) is 0 Å². The third-order valence-electron chi connectivity index (χ3n) is 2.75. The van der Waals surface area contributed by atoms with Gasteiger partial charge in [0.2, 0.25) is 0 Å². The summed E-state index contributed by atoms with van der Waals surface area (Å²) in [7, 11) is 0. The maximum Gasteiger partial charge on any atom is 0.137 e. The zero-order valence-electron chi connectivity index (χ0n) is 9.10. The maximum absolute atomic E-state index is 9.36. The van der Waals surface area contributed by atoms with Crippen LogP contribution in [0.5, 0.6) is 5.75 Å². The summed E-state index contributed by atoms with van der Waals surface area (Å²) in [5, 5.41) is 10.00. The molecule has 1 saturated heterocycles. The molecule has 0 aliphatic carbocycles. The van der Waals surface area contributed by atoms with Crippen LogP contribution in [0.2, 0.25) is 5.02 Å². The third-order valence-corrected chi connectivity index (χ3v) is 3.06. The standard InChI is InChI=1S/C12H16ClNO2/c13-11-3-1-2-4-12(11)16-8-7-14-6-5-10(15)9-14/h1-4,10,15H,5-9H2. The molecule has 1 aliphatic heterocycles. The molecule has 0 spiro atoms. The minimum Gasteiger partial charge on any atom is -0.491 e. The minimum atomic E-state index is -0.166. The van der Waals surface area contributed by atoms with Gasteiger partial charge < -0.3 is 9.84 Å². The predicted molar refractivity (Wildman–Crippen MR) is 64.0 cm³/mol. The van der Waals surface area contributed by atoms with Gasteiger partial charge in [-0.3, -0.25) is 4.90 Å². The van der Waals surface area contributed by atoms with Crippen molar-refractivity contribution in [3.63, 3.8) is 0 Å². The number of nitrogens with zero attached hydrogens (tertiary/aromatic N) is 1. The lowest BCUT2D eigenvalue weighted by molar-refractivity contribution is 0.167. The summed E-state index contributed by atoms with van der Waals surface area (Å²) >= 11 is 5.96. The molecule has 0 saturated carbocycles. The number of aliphatic hydroxyl groups is 1. The summed E-state index contributed by atoms with van der Waals surface area (Å²) in [6.07, 6.45) is 0.701. The molecule has 1 aromatic carbocycles. The number of hydrogen-bond acceptors (Lipinski definition) is 3. The van der Waals surface area contributed by atoms with Crippen molar-refractivity contribution < 1.29 is 9.84 Å². The van der Waals surface area contributed by atoms with Crippen LogP contribution in [0.1, 0.15) is 6.42 Å². The third kappa shape index (κ3) is 3.11. The van der Waals surface area contributed by atoms with E-state index in [2.05, 4.69) is 4.90 Å². The van der Waals surface area contributed by atoms with Gasteiger partial charge in [-0.2, -0.15) is 0 Å². The van der Waals surface area contributed by atoms with Gasteiger partial charge in [-0.15, -0.1) is 0 Å². The van der Waals surface area contributed by atoms with Gasteiger partial charge in [0.1, 0.15) is 12.4 Å².